The zero-order valence-electron chi connectivity index (χ0n) is 14.6. The Hall–Kier alpha value is -2.34. The summed E-state index contributed by atoms with van der Waals surface area (Å²) < 4.78 is 21.9. The lowest BCUT2D eigenvalue weighted by molar-refractivity contribution is -0.270. The van der Waals surface area contributed by atoms with Crippen LogP contribution in [-0.2, 0) is 23.8 Å². The normalized spacial score (nSPS) is 27.3. The monoisotopic (exact) mass is 346 g/mol. The minimum atomic E-state index is -1.59. The average Bonchev–Trinajstić information content (AvgIpc) is 2.58. The quantitative estimate of drug-likeness (QED) is 0.476. The minimum Gasteiger partial charge on any atom is -0.497 e. The standard InChI is InChI=1S/C19H22O6/c1-5-13-10-11-23-15(12-6-8-14(22-4)9-7-12)19(13)16(20)24-18(2,3)25-17(19)21/h5-9,13,15H,1,10-11H2,2-4H3. The minimum absolute atomic E-state index is 0.402. The molecule has 25 heavy (non-hydrogen) atoms. The van der Waals surface area contributed by atoms with Crippen molar-refractivity contribution in [3.63, 3.8) is 0 Å². The highest BCUT2D eigenvalue weighted by Crippen LogP contribution is 2.53. The zero-order chi connectivity index (χ0) is 18.2. The summed E-state index contributed by atoms with van der Waals surface area (Å²) in [5, 5.41) is 0. The predicted molar refractivity (Wildman–Crippen MR) is 88.7 cm³/mol. The van der Waals surface area contributed by atoms with E-state index in [-0.39, 0.29) is 0 Å². The summed E-state index contributed by atoms with van der Waals surface area (Å²) in [4.78, 5) is 26.0. The van der Waals surface area contributed by atoms with Gasteiger partial charge >= 0.3 is 11.9 Å². The second-order valence-electron chi connectivity index (χ2n) is 6.70. The van der Waals surface area contributed by atoms with Crippen molar-refractivity contribution < 1.29 is 28.5 Å². The Morgan fingerprint density at radius 2 is 1.76 bits per heavy atom. The van der Waals surface area contributed by atoms with Gasteiger partial charge in [0, 0.05) is 26.4 Å². The highest BCUT2D eigenvalue weighted by Gasteiger charge is 2.66. The molecule has 0 aliphatic carbocycles. The lowest BCUT2D eigenvalue weighted by Gasteiger charge is -2.49. The van der Waals surface area contributed by atoms with E-state index in [4.69, 9.17) is 18.9 Å². The Labute approximate surface area is 146 Å². The highest BCUT2D eigenvalue weighted by atomic mass is 16.7. The molecule has 2 fully saturated rings. The third-order valence-corrected chi connectivity index (χ3v) is 4.77. The van der Waals surface area contributed by atoms with Gasteiger partial charge in [0.25, 0.3) is 5.79 Å². The Bertz CT molecular complexity index is 670. The molecule has 2 saturated heterocycles. The van der Waals surface area contributed by atoms with Gasteiger partial charge in [-0.3, -0.25) is 9.59 Å². The van der Waals surface area contributed by atoms with Gasteiger partial charge < -0.3 is 18.9 Å². The number of rotatable bonds is 3. The Kier molecular flexibility index (Phi) is 4.33. The van der Waals surface area contributed by atoms with Gasteiger partial charge in [-0.15, -0.1) is 6.58 Å². The van der Waals surface area contributed by atoms with E-state index < -0.39 is 35.2 Å². The number of benzene rings is 1. The summed E-state index contributed by atoms with van der Waals surface area (Å²) in [5.41, 5.74) is -0.912. The van der Waals surface area contributed by atoms with Gasteiger partial charge in [0.15, 0.2) is 0 Å². The predicted octanol–water partition coefficient (Wildman–Crippen LogP) is 2.78. The summed E-state index contributed by atoms with van der Waals surface area (Å²) in [6.45, 7) is 7.27. The van der Waals surface area contributed by atoms with Gasteiger partial charge in [-0.1, -0.05) is 18.2 Å². The molecule has 2 aliphatic rings. The fourth-order valence-electron chi connectivity index (χ4n) is 3.54. The maximum atomic E-state index is 13.0. The molecule has 0 N–H and O–H groups in total. The number of esters is 2. The molecule has 6 heteroatoms. The molecule has 1 aromatic carbocycles. The molecule has 2 aliphatic heterocycles. The Morgan fingerprint density at radius 3 is 2.28 bits per heavy atom. The van der Waals surface area contributed by atoms with E-state index in [0.29, 0.717) is 24.3 Å². The molecule has 1 spiro atoms. The number of cyclic esters (lactones) is 2. The second-order valence-corrected chi connectivity index (χ2v) is 6.70. The molecule has 2 unspecified atom stereocenters. The Morgan fingerprint density at radius 1 is 1.16 bits per heavy atom. The second kappa shape index (κ2) is 6.19. The molecule has 2 heterocycles. The number of carbonyl (C=O) groups is 2. The van der Waals surface area contributed by atoms with E-state index in [2.05, 4.69) is 6.58 Å². The first-order chi connectivity index (χ1) is 11.8. The van der Waals surface area contributed by atoms with Crippen LogP contribution in [0.4, 0.5) is 0 Å². The van der Waals surface area contributed by atoms with Gasteiger partial charge in [-0.2, -0.15) is 0 Å². The highest BCUT2D eigenvalue weighted by molar-refractivity contribution is 6.03. The van der Waals surface area contributed by atoms with Crippen molar-refractivity contribution >= 4 is 11.9 Å². The first-order valence-electron chi connectivity index (χ1n) is 8.20. The Balaban J connectivity index is 2.10. The number of allylic oxidation sites excluding steroid dienone is 1. The molecular weight excluding hydrogens is 324 g/mol. The molecule has 0 amide bonds. The van der Waals surface area contributed by atoms with Crippen LogP contribution in [0.15, 0.2) is 36.9 Å². The van der Waals surface area contributed by atoms with Crippen LogP contribution in [-0.4, -0.2) is 31.4 Å². The van der Waals surface area contributed by atoms with Crippen LogP contribution in [0.25, 0.3) is 0 Å². The van der Waals surface area contributed by atoms with Gasteiger partial charge in [0.1, 0.15) is 11.9 Å². The lowest BCUT2D eigenvalue weighted by Crippen LogP contribution is -2.61. The van der Waals surface area contributed by atoms with E-state index in [1.165, 1.54) is 13.8 Å². The van der Waals surface area contributed by atoms with Crippen LogP contribution in [0.5, 0.6) is 5.75 Å². The smallest absolute Gasteiger partial charge is 0.330 e. The van der Waals surface area contributed by atoms with Crippen LogP contribution >= 0.6 is 0 Å². The molecule has 0 saturated carbocycles. The van der Waals surface area contributed by atoms with Crippen molar-refractivity contribution in [3.8, 4) is 5.75 Å². The van der Waals surface area contributed by atoms with Gasteiger partial charge in [-0.05, 0) is 24.1 Å². The maximum Gasteiger partial charge on any atom is 0.330 e. The van der Waals surface area contributed by atoms with Gasteiger partial charge in [0.2, 0.25) is 5.41 Å². The molecule has 1 aromatic rings. The van der Waals surface area contributed by atoms with Crippen molar-refractivity contribution in [2.45, 2.75) is 32.2 Å². The van der Waals surface area contributed by atoms with E-state index in [9.17, 15) is 9.59 Å². The number of ether oxygens (including phenoxy) is 4. The van der Waals surface area contributed by atoms with Crippen molar-refractivity contribution in [1.82, 2.24) is 0 Å². The summed E-state index contributed by atoms with van der Waals surface area (Å²) in [6.07, 6.45) is 1.28. The largest absolute Gasteiger partial charge is 0.497 e. The molecule has 3 rings (SSSR count). The van der Waals surface area contributed by atoms with E-state index in [1.54, 1.807) is 37.5 Å². The first kappa shape index (κ1) is 17.5. The summed E-state index contributed by atoms with van der Waals surface area (Å²) in [6, 6.07) is 7.06. The fourth-order valence-corrected chi connectivity index (χ4v) is 3.54. The van der Waals surface area contributed by atoms with Crippen LogP contribution in [0.2, 0.25) is 0 Å². The molecule has 134 valence electrons. The summed E-state index contributed by atoms with van der Waals surface area (Å²) >= 11 is 0. The van der Waals surface area contributed by atoms with Gasteiger partial charge in [-0.25, -0.2) is 0 Å². The summed E-state index contributed by atoms with van der Waals surface area (Å²) in [5.74, 6) is -2.35. The van der Waals surface area contributed by atoms with Crippen LogP contribution in [0.3, 0.4) is 0 Å². The lowest BCUT2D eigenvalue weighted by atomic mass is 9.65. The number of hydrogen-bond acceptors (Lipinski definition) is 6. The summed E-state index contributed by atoms with van der Waals surface area (Å²) in [7, 11) is 1.57. The van der Waals surface area contributed by atoms with Crippen LogP contribution < -0.4 is 4.74 Å². The van der Waals surface area contributed by atoms with E-state index in [1.807, 2.05) is 0 Å². The third-order valence-electron chi connectivity index (χ3n) is 4.77. The molecule has 2 atom stereocenters. The molecule has 0 aromatic heterocycles. The number of methoxy groups -OCH3 is 1. The SMILES string of the molecule is C=CC1CCOC(c2ccc(OC)cc2)C12C(=O)OC(C)(C)OC2=O. The van der Waals surface area contributed by atoms with E-state index in [0.717, 1.165) is 0 Å². The van der Waals surface area contributed by atoms with Crippen molar-refractivity contribution in [1.29, 1.82) is 0 Å². The van der Waals surface area contributed by atoms with Crippen LogP contribution in [0, 0.1) is 11.3 Å². The topological polar surface area (TPSA) is 71.1 Å². The molecule has 0 radical (unpaired) electrons. The third kappa shape index (κ3) is 2.70. The number of carbonyl (C=O) groups excluding carboxylic acids is 2. The fraction of sp³-hybridized carbons (Fsp3) is 0.474. The van der Waals surface area contributed by atoms with Crippen LogP contribution in [0.1, 0.15) is 31.9 Å². The van der Waals surface area contributed by atoms with Crippen molar-refractivity contribution in [2.24, 2.45) is 11.3 Å². The average molecular weight is 346 g/mol. The molecular formula is C19H22O6. The van der Waals surface area contributed by atoms with Crippen molar-refractivity contribution in [3.05, 3.63) is 42.5 Å². The van der Waals surface area contributed by atoms with E-state index >= 15 is 0 Å². The number of hydrogen-bond donors (Lipinski definition) is 0. The first-order valence-corrected chi connectivity index (χ1v) is 8.20. The van der Waals surface area contributed by atoms with Gasteiger partial charge in [0.05, 0.1) is 7.11 Å². The molecule has 6 nitrogen and oxygen atoms in total. The maximum absolute atomic E-state index is 13.0. The van der Waals surface area contributed by atoms with Crippen molar-refractivity contribution in [2.75, 3.05) is 13.7 Å². The zero-order valence-corrected chi connectivity index (χ0v) is 14.6. The molecule has 0 bridgehead atoms.